The Balaban J connectivity index is 2.75. The summed E-state index contributed by atoms with van der Waals surface area (Å²) in [6, 6.07) is 1.98. The van der Waals surface area contributed by atoms with Gasteiger partial charge in [0.25, 0.3) is 0 Å². The summed E-state index contributed by atoms with van der Waals surface area (Å²) < 4.78 is 2.92. The lowest BCUT2D eigenvalue weighted by Gasteiger charge is -1.99. The number of imidazole rings is 1. The summed E-state index contributed by atoms with van der Waals surface area (Å²) in [5.74, 6) is 0.521. The Labute approximate surface area is 83.3 Å². The number of pyridine rings is 1. The van der Waals surface area contributed by atoms with E-state index in [4.69, 9.17) is 11.6 Å². The molecule has 0 N–H and O–H groups in total. The molecule has 2 aromatic heterocycles. The van der Waals surface area contributed by atoms with Crippen LogP contribution in [0.5, 0.6) is 0 Å². The van der Waals surface area contributed by atoms with Gasteiger partial charge in [0.05, 0.1) is 4.47 Å². The molecule has 0 aliphatic rings. The number of halogens is 2. The fraction of sp³-hybridized carbons (Fsp3) is 0.125. The van der Waals surface area contributed by atoms with Gasteiger partial charge in [-0.15, -0.1) is 11.6 Å². The first-order valence-electron chi connectivity index (χ1n) is 3.48. The Hall–Kier alpha value is -0.540. The van der Waals surface area contributed by atoms with E-state index >= 15 is 0 Å². The molecule has 0 amide bonds. The third kappa shape index (κ3) is 1.23. The van der Waals surface area contributed by atoms with Crippen molar-refractivity contribution in [3.05, 3.63) is 34.7 Å². The number of alkyl halides is 1. The van der Waals surface area contributed by atoms with E-state index in [2.05, 4.69) is 20.9 Å². The Morgan fingerprint density at radius 2 is 2.42 bits per heavy atom. The van der Waals surface area contributed by atoms with E-state index in [1.165, 1.54) is 0 Å². The van der Waals surface area contributed by atoms with E-state index in [9.17, 15) is 0 Å². The van der Waals surface area contributed by atoms with Gasteiger partial charge in [0.15, 0.2) is 5.65 Å². The normalized spacial score (nSPS) is 10.8. The lowest BCUT2D eigenvalue weighted by molar-refractivity contribution is 1.14. The second-order valence-electron chi connectivity index (χ2n) is 2.49. The fourth-order valence-corrected chi connectivity index (χ4v) is 1.87. The third-order valence-corrected chi connectivity index (χ3v) is 2.55. The van der Waals surface area contributed by atoms with E-state index < -0.39 is 0 Å². The van der Waals surface area contributed by atoms with E-state index in [0.29, 0.717) is 5.88 Å². The van der Waals surface area contributed by atoms with Crippen molar-refractivity contribution in [3.63, 3.8) is 0 Å². The molecule has 0 radical (unpaired) electrons. The molecule has 0 saturated carbocycles. The number of hydrogen-bond acceptors (Lipinski definition) is 1. The second kappa shape index (κ2) is 3.07. The summed E-state index contributed by atoms with van der Waals surface area (Å²) in [5, 5.41) is 0. The van der Waals surface area contributed by atoms with Gasteiger partial charge >= 0.3 is 0 Å². The number of aromatic nitrogens is 2. The van der Waals surface area contributed by atoms with Crippen molar-refractivity contribution in [2.24, 2.45) is 0 Å². The maximum atomic E-state index is 5.71. The molecule has 0 unspecified atom stereocenters. The molecule has 0 aliphatic heterocycles. The molecular weight excluding hydrogens is 239 g/mol. The molecule has 0 spiro atoms. The van der Waals surface area contributed by atoms with Crippen molar-refractivity contribution in [3.8, 4) is 0 Å². The Morgan fingerprint density at radius 3 is 3.17 bits per heavy atom. The first kappa shape index (κ1) is 8.08. The van der Waals surface area contributed by atoms with Gasteiger partial charge in [-0.05, 0) is 27.6 Å². The Kier molecular flexibility index (Phi) is 2.07. The predicted molar refractivity (Wildman–Crippen MR) is 52.4 cm³/mol. The number of nitrogens with zero attached hydrogens (tertiary/aromatic N) is 2. The topological polar surface area (TPSA) is 17.3 Å². The summed E-state index contributed by atoms with van der Waals surface area (Å²) in [7, 11) is 0. The molecular formula is C8H6BrClN2. The molecule has 62 valence electrons. The zero-order chi connectivity index (χ0) is 8.55. The van der Waals surface area contributed by atoms with E-state index in [0.717, 1.165) is 15.7 Å². The molecule has 2 nitrogen and oxygen atoms in total. The molecule has 0 aliphatic carbocycles. The van der Waals surface area contributed by atoms with Crippen LogP contribution in [0.4, 0.5) is 0 Å². The highest BCUT2D eigenvalue weighted by Gasteiger charge is 2.01. The van der Waals surface area contributed by atoms with Crippen LogP contribution in [0.25, 0.3) is 5.65 Å². The predicted octanol–water partition coefficient (Wildman–Crippen LogP) is 2.84. The van der Waals surface area contributed by atoms with Crippen molar-refractivity contribution in [2.75, 3.05) is 0 Å². The minimum absolute atomic E-state index is 0.521. The second-order valence-corrected chi connectivity index (χ2v) is 3.61. The van der Waals surface area contributed by atoms with Crippen LogP contribution < -0.4 is 0 Å². The zero-order valence-electron chi connectivity index (χ0n) is 6.17. The molecule has 0 atom stereocenters. The molecule has 0 bridgehead atoms. The van der Waals surface area contributed by atoms with Crippen molar-refractivity contribution >= 4 is 33.2 Å². The fourth-order valence-electron chi connectivity index (χ4n) is 1.12. The van der Waals surface area contributed by atoms with Crippen LogP contribution >= 0.6 is 27.5 Å². The lowest BCUT2D eigenvalue weighted by Crippen LogP contribution is -1.88. The van der Waals surface area contributed by atoms with Gasteiger partial charge in [-0.3, -0.25) is 0 Å². The van der Waals surface area contributed by atoms with Crippen molar-refractivity contribution < 1.29 is 0 Å². The maximum Gasteiger partial charge on any atom is 0.151 e. The highest BCUT2D eigenvalue weighted by Crippen LogP contribution is 2.18. The first-order chi connectivity index (χ1) is 5.81. The van der Waals surface area contributed by atoms with Gasteiger partial charge in [0, 0.05) is 24.5 Å². The summed E-state index contributed by atoms with van der Waals surface area (Å²) in [6.07, 6.45) is 5.63. The highest BCUT2D eigenvalue weighted by atomic mass is 79.9. The number of rotatable bonds is 1. The minimum atomic E-state index is 0.521. The summed E-state index contributed by atoms with van der Waals surface area (Å²) in [4.78, 5) is 4.17. The van der Waals surface area contributed by atoms with E-state index in [1.807, 2.05) is 22.9 Å². The number of fused-ring (bicyclic) bond motifs is 1. The standard InChI is InChI=1S/C8H6BrClN2/c9-7-3-6(4-10)5-12-2-1-11-8(7)12/h1-3,5H,4H2. The molecule has 4 heteroatoms. The molecule has 0 fully saturated rings. The molecule has 0 aromatic carbocycles. The van der Waals surface area contributed by atoms with Crippen LogP contribution in [0.15, 0.2) is 29.1 Å². The average Bonchev–Trinajstić information content (AvgIpc) is 2.52. The molecule has 12 heavy (non-hydrogen) atoms. The average molecular weight is 246 g/mol. The van der Waals surface area contributed by atoms with Crippen molar-refractivity contribution in [1.29, 1.82) is 0 Å². The summed E-state index contributed by atoms with van der Waals surface area (Å²) in [5.41, 5.74) is 2.00. The van der Waals surface area contributed by atoms with Gasteiger partial charge in [0.1, 0.15) is 0 Å². The zero-order valence-corrected chi connectivity index (χ0v) is 8.51. The van der Waals surface area contributed by atoms with Gasteiger partial charge in [-0.2, -0.15) is 0 Å². The van der Waals surface area contributed by atoms with Gasteiger partial charge in [-0.1, -0.05) is 0 Å². The van der Waals surface area contributed by atoms with Crippen LogP contribution in [0.2, 0.25) is 0 Å². The summed E-state index contributed by atoms with van der Waals surface area (Å²) in [6.45, 7) is 0. The van der Waals surface area contributed by atoms with Crippen LogP contribution in [-0.2, 0) is 5.88 Å². The van der Waals surface area contributed by atoms with Gasteiger partial charge < -0.3 is 4.40 Å². The van der Waals surface area contributed by atoms with Gasteiger partial charge in [-0.25, -0.2) is 4.98 Å². The highest BCUT2D eigenvalue weighted by molar-refractivity contribution is 9.10. The van der Waals surface area contributed by atoms with Crippen LogP contribution in [0.1, 0.15) is 5.56 Å². The molecule has 2 heterocycles. The van der Waals surface area contributed by atoms with Crippen molar-refractivity contribution in [2.45, 2.75) is 5.88 Å². The van der Waals surface area contributed by atoms with Crippen LogP contribution in [-0.4, -0.2) is 9.38 Å². The minimum Gasteiger partial charge on any atom is -0.306 e. The molecule has 2 rings (SSSR count). The van der Waals surface area contributed by atoms with E-state index in [-0.39, 0.29) is 0 Å². The Bertz CT molecular complexity index is 410. The quantitative estimate of drug-likeness (QED) is 0.706. The van der Waals surface area contributed by atoms with Crippen LogP contribution in [0.3, 0.4) is 0 Å². The third-order valence-electron chi connectivity index (χ3n) is 1.65. The lowest BCUT2D eigenvalue weighted by atomic mass is 10.3. The molecule has 0 saturated heterocycles. The Morgan fingerprint density at radius 1 is 1.58 bits per heavy atom. The maximum absolute atomic E-state index is 5.71. The van der Waals surface area contributed by atoms with Gasteiger partial charge in [0.2, 0.25) is 0 Å². The van der Waals surface area contributed by atoms with E-state index in [1.54, 1.807) is 6.20 Å². The smallest absolute Gasteiger partial charge is 0.151 e. The number of hydrogen-bond donors (Lipinski definition) is 0. The summed E-state index contributed by atoms with van der Waals surface area (Å²) >= 11 is 9.14. The monoisotopic (exact) mass is 244 g/mol. The largest absolute Gasteiger partial charge is 0.306 e. The van der Waals surface area contributed by atoms with Crippen LogP contribution in [0, 0.1) is 0 Å². The first-order valence-corrected chi connectivity index (χ1v) is 4.81. The molecule has 2 aromatic rings. The van der Waals surface area contributed by atoms with Crippen molar-refractivity contribution in [1.82, 2.24) is 9.38 Å². The SMILES string of the molecule is ClCc1cc(Br)c2nccn2c1.